The quantitative estimate of drug-likeness (QED) is 0.0853. The van der Waals surface area contributed by atoms with Crippen LogP contribution in [-0.4, -0.2) is 34.6 Å². The monoisotopic (exact) mass is 676 g/mol. The number of ether oxygens (including phenoxy) is 1. The number of aromatic nitrogens is 1. The molecule has 0 fully saturated rings. The zero-order valence-electron chi connectivity index (χ0n) is 26.9. The molecule has 0 aliphatic carbocycles. The van der Waals surface area contributed by atoms with Gasteiger partial charge in [-0.2, -0.15) is 0 Å². The normalized spacial score (nSPS) is 11.8. The lowest BCUT2D eigenvalue weighted by Crippen LogP contribution is -2.30. The van der Waals surface area contributed by atoms with Gasteiger partial charge in [-0.25, -0.2) is 4.98 Å². The molecular formula is C38H36N4O4S2. The van der Waals surface area contributed by atoms with Crippen LogP contribution in [0.25, 0.3) is 17.3 Å². The molecule has 0 spiro atoms. The summed E-state index contributed by atoms with van der Waals surface area (Å²) < 4.78 is 5.52. The zero-order valence-corrected chi connectivity index (χ0v) is 28.5. The molecule has 1 heterocycles. The van der Waals surface area contributed by atoms with Crippen LogP contribution in [0.5, 0.6) is 5.75 Å². The fraction of sp³-hybridized carbons (Fsp3) is 0.158. The Kier molecular flexibility index (Phi) is 11.8. The summed E-state index contributed by atoms with van der Waals surface area (Å²) in [6.45, 7) is 6.46. The van der Waals surface area contributed by atoms with E-state index in [1.165, 1.54) is 23.1 Å². The van der Waals surface area contributed by atoms with Crippen molar-refractivity contribution in [2.75, 3.05) is 17.2 Å². The Hall–Kier alpha value is -5.19. The van der Waals surface area contributed by atoms with Gasteiger partial charge in [-0.15, -0.1) is 23.1 Å². The topological polar surface area (TPSA) is 109 Å². The Morgan fingerprint density at radius 1 is 0.896 bits per heavy atom. The highest BCUT2D eigenvalue weighted by Crippen LogP contribution is 2.31. The van der Waals surface area contributed by atoms with E-state index in [2.05, 4.69) is 20.9 Å². The number of aryl methyl sites for hydroxylation is 1. The number of benzene rings is 4. The number of thioether (sulfide) groups is 1. The van der Waals surface area contributed by atoms with E-state index >= 15 is 0 Å². The van der Waals surface area contributed by atoms with Crippen molar-refractivity contribution in [2.24, 2.45) is 0 Å². The average Bonchev–Trinajstić information content (AvgIpc) is 3.56. The van der Waals surface area contributed by atoms with Crippen molar-refractivity contribution in [3.8, 4) is 17.0 Å². The van der Waals surface area contributed by atoms with Gasteiger partial charge in [-0.1, -0.05) is 61.0 Å². The predicted molar refractivity (Wildman–Crippen MR) is 195 cm³/mol. The van der Waals surface area contributed by atoms with Gasteiger partial charge in [0, 0.05) is 27.1 Å². The summed E-state index contributed by atoms with van der Waals surface area (Å²) in [5.41, 5.74) is 4.59. The number of hydrogen-bond acceptors (Lipinski definition) is 7. The number of anilines is 2. The van der Waals surface area contributed by atoms with Crippen molar-refractivity contribution >= 4 is 57.7 Å². The van der Waals surface area contributed by atoms with Crippen LogP contribution in [0.2, 0.25) is 0 Å². The molecule has 0 bridgehead atoms. The summed E-state index contributed by atoms with van der Waals surface area (Å²) >= 11 is 2.77. The third-order valence-electron chi connectivity index (χ3n) is 7.11. The molecule has 0 aliphatic rings. The van der Waals surface area contributed by atoms with Gasteiger partial charge in [-0.05, 0) is 86.5 Å². The van der Waals surface area contributed by atoms with Gasteiger partial charge >= 0.3 is 0 Å². The molecule has 48 heavy (non-hydrogen) atoms. The average molecular weight is 677 g/mol. The molecule has 1 unspecified atom stereocenters. The third-order valence-corrected chi connectivity index (χ3v) is 9.23. The number of carbonyl (C=O) groups is 3. The van der Waals surface area contributed by atoms with E-state index in [1.807, 2.05) is 98.9 Å². The number of nitrogens with one attached hydrogen (secondary N) is 3. The van der Waals surface area contributed by atoms with Crippen LogP contribution in [-0.2, 0) is 9.59 Å². The van der Waals surface area contributed by atoms with Gasteiger partial charge in [0.15, 0.2) is 5.13 Å². The first-order valence-electron chi connectivity index (χ1n) is 15.5. The number of thiazole rings is 1. The van der Waals surface area contributed by atoms with Gasteiger partial charge in [0.05, 0.1) is 17.6 Å². The molecule has 0 aliphatic heterocycles. The van der Waals surface area contributed by atoms with Gasteiger partial charge in [-0.3, -0.25) is 14.4 Å². The van der Waals surface area contributed by atoms with E-state index < -0.39 is 17.1 Å². The Morgan fingerprint density at radius 3 is 2.40 bits per heavy atom. The summed E-state index contributed by atoms with van der Waals surface area (Å²) in [4.78, 5) is 45.2. The minimum Gasteiger partial charge on any atom is -0.494 e. The van der Waals surface area contributed by atoms with Crippen LogP contribution in [0.3, 0.4) is 0 Å². The van der Waals surface area contributed by atoms with Crippen LogP contribution in [0.1, 0.15) is 41.8 Å². The standard InChI is InChI=1S/C38H36N4O4S2/c1-4-34(37(45)42-38-41-33(24-47-38)27-17-19-30(20-18-27)46-5-2)48-31-16-10-15-29(23-31)39-36(44)32(22-26-12-9-11-25(3)21-26)40-35(43)28-13-7-6-8-14-28/h6-24,34H,4-5H2,1-3H3,(H,39,44)(H,40,43)(H,41,42,45)/b32-22+. The molecule has 4 aromatic carbocycles. The molecule has 10 heteroatoms. The van der Waals surface area contributed by atoms with Crippen molar-refractivity contribution in [1.82, 2.24) is 10.3 Å². The van der Waals surface area contributed by atoms with Crippen molar-refractivity contribution in [1.29, 1.82) is 0 Å². The van der Waals surface area contributed by atoms with Crippen LogP contribution in [0.4, 0.5) is 10.8 Å². The van der Waals surface area contributed by atoms with E-state index in [0.29, 0.717) is 29.4 Å². The highest BCUT2D eigenvalue weighted by atomic mass is 32.2. The van der Waals surface area contributed by atoms with Crippen molar-refractivity contribution in [2.45, 2.75) is 37.3 Å². The summed E-state index contributed by atoms with van der Waals surface area (Å²) in [7, 11) is 0. The molecule has 1 atom stereocenters. The maximum Gasteiger partial charge on any atom is 0.272 e. The number of rotatable bonds is 13. The molecule has 244 valence electrons. The Labute approximate surface area is 288 Å². The van der Waals surface area contributed by atoms with E-state index in [-0.39, 0.29) is 11.6 Å². The maximum atomic E-state index is 13.5. The smallest absolute Gasteiger partial charge is 0.272 e. The van der Waals surface area contributed by atoms with Crippen LogP contribution < -0.4 is 20.7 Å². The fourth-order valence-corrected chi connectivity index (χ4v) is 6.48. The predicted octanol–water partition coefficient (Wildman–Crippen LogP) is 8.44. The third kappa shape index (κ3) is 9.43. The number of nitrogens with zero attached hydrogens (tertiary/aromatic N) is 1. The minimum absolute atomic E-state index is 0.103. The van der Waals surface area contributed by atoms with Crippen LogP contribution >= 0.6 is 23.1 Å². The van der Waals surface area contributed by atoms with Crippen molar-refractivity contribution < 1.29 is 19.1 Å². The molecule has 0 saturated heterocycles. The lowest BCUT2D eigenvalue weighted by molar-refractivity contribution is -0.116. The molecule has 0 radical (unpaired) electrons. The second kappa shape index (κ2) is 16.6. The number of carbonyl (C=O) groups excluding carboxylic acids is 3. The summed E-state index contributed by atoms with van der Waals surface area (Å²) in [5, 5.41) is 10.7. The van der Waals surface area contributed by atoms with Gasteiger partial charge < -0.3 is 20.7 Å². The second-order valence-electron chi connectivity index (χ2n) is 10.8. The highest BCUT2D eigenvalue weighted by Gasteiger charge is 2.21. The molecule has 3 amide bonds. The van der Waals surface area contributed by atoms with Gasteiger partial charge in [0.2, 0.25) is 5.91 Å². The zero-order chi connectivity index (χ0) is 33.9. The number of hydrogen-bond donors (Lipinski definition) is 3. The largest absolute Gasteiger partial charge is 0.494 e. The first-order valence-corrected chi connectivity index (χ1v) is 17.3. The fourth-order valence-electron chi connectivity index (χ4n) is 4.74. The van der Waals surface area contributed by atoms with Crippen LogP contribution in [0, 0.1) is 6.92 Å². The molecule has 5 aromatic rings. The van der Waals surface area contributed by atoms with E-state index in [9.17, 15) is 14.4 Å². The van der Waals surface area contributed by atoms with Crippen molar-refractivity contribution in [3.63, 3.8) is 0 Å². The Bertz CT molecular complexity index is 1910. The van der Waals surface area contributed by atoms with Crippen LogP contribution in [0.15, 0.2) is 119 Å². The van der Waals surface area contributed by atoms with E-state index in [1.54, 1.807) is 36.4 Å². The van der Waals surface area contributed by atoms with Crippen molar-refractivity contribution in [3.05, 3.63) is 131 Å². The lowest BCUT2D eigenvalue weighted by atomic mass is 10.1. The Morgan fingerprint density at radius 2 is 1.67 bits per heavy atom. The SMILES string of the molecule is CCOc1ccc(-c2csc(NC(=O)C(CC)Sc3cccc(NC(=O)/C(=C\c4cccc(C)c4)NC(=O)c4ccccc4)c3)n2)cc1. The van der Waals surface area contributed by atoms with Gasteiger partial charge in [0.1, 0.15) is 11.4 Å². The second-order valence-corrected chi connectivity index (χ2v) is 12.9. The maximum absolute atomic E-state index is 13.5. The number of amides is 3. The lowest BCUT2D eigenvalue weighted by Gasteiger charge is -2.15. The van der Waals surface area contributed by atoms with Gasteiger partial charge in [0.25, 0.3) is 11.8 Å². The van der Waals surface area contributed by atoms with E-state index in [0.717, 1.165) is 33.0 Å². The molecular weight excluding hydrogens is 641 g/mol. The molecule has 0 saturated carbocycles. The molecule has 3 N–H and O–H groups in total. The first kappa shape index (κ1) is 34.2. The Balaban J connectivity index is 1.25. The molecule has 5 rings (SSSR count). The first-order chi connectivity index (χ1) is 23.3. The summed E-state index contributed by atoms with van der Waals surface area (Å²) in [6, 6.07) is 31.4. The van der Waals surface area contributed by atoms with E-state index in [4.69, 9.17) is 4.74 Å². The summed E-state index contributed by atoms with van der Waals surface area (Å²) in [6.07, 6.45) is 2.23. The highest BCUT2D eigenvalue weighted by molar-refractivity contribution is 8.00. The minimum atomic E-state index is -0.472. The molecule has 1 aromatic heterocycles. The molecule has 8 nitrogen and oxygen atoms in total. The summed E-state index contributed by atoms with van der Waals surface area (Å²) in [5.74, 6) is -0.223.